The molecule has 102 valence electrons. The maximum atomic E-state index is 9.51. The van der Waals surface area contributed by atoms with Crippen LogP contribution in [-0.2, 0) is 6.61 Å². The topological polar surface area (TPSA) is 23.5 Å². The molecular formula is C15H24ClNO. The Hall–Kier alpha value is -0.730. The molecule has 0 saturated heterocycles. The average molecular weight is 270 g/mol. The molecule has 2 nitrogen and oxygen atoms in total. The van der Waals surface area contributed by atoms with Crippen LogP contribution >= 0.6 is 11.6 Å². The Bertz CT molecular complexity index is 367. The van der Waals surface area contributed by atoms with Crippen LogP contribution in [0.1, 0.15) is 33.3 Å². The summed E-state index contributed by atoms with van der Waals surface area (Å²) >= 11 is 6.16. The van der Waals surface area contributed by atoms with E-state index in [0.29, 0.717) is 16.9 Å². The van der Waals surface area contributed by atoms with E-state index in [1.807, 2.05) is 18.2 Å². The highest BCUT2D eigenvalue weighted by Gasteiger charge is 2.15. The van der Waals surface area contributed by atoms with Gasteiger partial charge in [-0.2, -0.15) is 0 Å². The minimum atomic E-state index is -0.0122. The van der Waals surface area contributed by atoms with Crippen molar-refractivity contribution in [3.8, 4) is 0 Å². The quantitative estimate of drug-likeness (QED) is 0.845. The molecule has 1 aromatic carbocycles. The Morgan fingerprint density at radius 2 is 1.67 bits per heavy atom. The second-order valence-corrected chi connectivity index (χ2v) is 6.00. The molecule has 0 aliphatic carbocycles. The van der Waals surface area contributed by atoms with Crippen LogP contribution in [0.15, 0.2) is 18.2 Å². The number of aliphatic hydroxyl groups is 1. The molecule has 0 fully saturated rings. The molecule has 1 aromatic rings. The number of benzene rings is 1. The number of aliphatic hydroxyl groups excluding tert-OH is 1. The van der Waals surface area contributed by atoms with E-state index in [9.17, 15) is 5.11 Å². The number of anilines is 1. The van der Waals surface area contributed by atoms with Gasteiger partial charge in [-0.3, -0.25) is 0 Å². The van der Waals surface area contributed by atoms with E-state index >= 15 is 0 Å². The maximum Gasteiger partial charge on any atom is 0.0716 e. The molecule has 1 rings (SSSR count). The van der Waals surface area contributed by atoms with Crippen LogP contribution in [0.4, 0.5) is 5.69 Å². The third-order valence-corrected chi connectivity index (χ3v) is 3.12. The fourth-order valence-corrected chi connectivity index (χ4v) is 2.38. The van der Waals surface area contributed by atoms with E-state index in [1.54, 1.807) is 0 Å². The lowest BCUT2D eigenvalue weighted by Crippen LogP contribution is -2.32. The van der Waals surface area contributed by atoms with Crippen LogP contribution in [0.5, 0.6) is 0 Å². The van der Waals surface area contributed by atoms with Crippen LogP contribution < -0.4 is 4.90 Å². The van der Waals surface area contributed by atoms with E-state index in [4.69, 9.17) is 11.6 Å². The van der Waals surface area contributed by atoms with Gasteiger partial charge in [0.2, 0.25) is 0 Å². The number of halogens is 1. The maximum absolute atomic E-state index is 9.51. The van der Waals surface area contributed by atoms with E-state index < -0.39 is 0 Å². The van der Waals surface area contributed by atoms with Crippen molar-refractivity contribution in [3.63, 3.8) is 0 Å². The SMILES string of the molecule is CC(C)CN(CC(C)C)c1cccc(Cl)c1CO. The van der Waals surface area contributed by atoms with Gasteiger partial charge in [-0.15, -0.1) is 0 Å². The molecular weight excluding hydrogens is 246 g/mol. The summed E-state index contributed by atoms with van der Waals surface area (Å²) < 4.78 is 0. The minimum absolute atomic E-state index is 0.0122. The highest BCUT2D eigenvalue weighted by atomic mass is 35.5. The zero-order chi connectivity index (χ0) is 13.7. The summed E-state index contributed by atoms with van der Waals surface area (Å²) in [5, 5.41) is 10.2. The molecule has 0 unspecified atom stereocenters. The molecule has 0 aliphatic heterocycles. The Labute approximate surface area is 116 Å². The van der Waals surface area contributed by atoms with Gasteiger partial charge in [0.25, 0.3) is 0 Å². The predicted molar refractivity (Wildman–Crippen MR) is 79.3 cm³/mol. The van der Waals surface area contributed by atoms with Crippen LogP contribution in [-0.4, -0.2) is 18.2 Å². The Morgan fingerprint density at radius 1 is 1.11 bits per heavy atom. The first-order chi connectivity index (χ1) is 8.45. The van der Waals surface area contributed by atoms with Crippen molar-refractivity contribution < 1.29 is 5.11 Å². The van der Waals surface area contributed by atoms with Crippen molar-refractivity contribution in [2.75, 3.05) is 18.0 Å². The molecule has 0 radical (unpaired) electrons. The third kappa shape index (κ3) is 4.18. The molecule has 0 bridgehead atoms. The lowest BCUT2D eigenvalue weighted by molar-refractivity contribution is 0.282. The van der Waals surface area contributed by atoms with Gasteiger partial charge in [-0.25, -0.2) is 0 Å². The van der Waals surface area contributed by atoms with Gasteiger partial charge in [0.15, 0.2) is 0 Å². The number of rotatable bonds is 6. The second kappa shape index (κ2) is 7.01. The zero-order valence-corrected chi connectivity index (χ0v) is 12.5. The zero-order valence-electron chi connectivity index (χ0n) is 11.8. The van der Waals surface area contributed by atoms with Gasteiger partial charge in [0, 0.05) is 29.4 Å². The fraction of sp³-hybridized carbons (Fsp3) is 0.600. The van der Waals surface area contributed by atoms with Gasteiger partial charge in [0.05, 0.1) is 6.61 Å². The molecule has 3 heteroatoms. The van der Waals surface area contributed by atoms with E-state index in [-0.39, 0.29) is 6.61 Å². The van der Waals surface area contributed by atoms with Crippen LogP contribution in [0.3, 0.4) is 0 Å². The summed E-state index contributed by atoms with van der Waals surface area (Å²) in [5.74, 6) is 1.16. The summed E-state index contributed by atoms with van der Waals surface area (Å²) in [6.45, 7) is 10.8. The van der Waals surface area contributed by atoms with Crippen molar-refractivity contribution in [1.82, 2.24) is 0 Å². The molecule has 0 atom stereocenters. The van der Waals surface area contributed by atoms with Crippen LogP contribution in [0.25, 0.3) is 0 Å². The molecule has 0 heterocycles. The highest BCUT2D eigenvalue weighted by molar-refractivity contribution is 6.31. The average Bonchev–Trinajstić information content (AvgIpc) is 2.26. The molecule has 1 N–H and O–H groups in total. The molecule has 0 saturated carbocycles. The fourth-order valence-electron chi connectivity index (χ4n) is 2.15. The lowest BCUT2D eigenvalue weighted by Gasteiger charge is -2.30. The Morgan fingerprint density at radius 3 is 2.11 bits per heavy atom. The number of hydrogen-bond acceptors (Lipinski definition) is 2. The summed E-state index contributed by atoms with van der Waals surface area (Å²) in [6, 6.07) is 5.83. The summed E-state index contributed by atoms with van der Waals surface area (Å²) in [7, 11) is 0. The van der Waals surface area contributed by atoms with Gasteiger partial charge < -0.3 is 10.0 Å². The van der Waals surface area contributed by atoms with Crippen molar-refractivity contribution in [2.24, 2.45) is 11.8 Å². The first-order valence-corrected chi connectivity index (χ1v) is 6.96. The van der Waals surface area contributed by atoms with Crippen molar-refractivity contribution in [3.05, 3.63) is 28.8 Å². The summed E-state index contributed by atoms with van der Waals surface area (Å²) in [6.07, 6.45) is 0. The molecule has 0 aromatic heterocycles. The van der Waals surface area contributed by atoms with Crippen LogP contribution in [0.2, 0.25) is 5.02 Å². The molecule has 0 aliphatic rings. The van der Waals surface area contributed by atoms with Gasteiger partial charge >= 0.3 is 0 Å². The van der Waals surface area contributed by atoms with Crippen molar-refractivity contribution >= 4 is 17.3 Å². The molecule has 0 amide bonds. The van der Waals surface area contributed by atoms with Gasteiger partial charge in [-0.05, 0) is 24.0 Å². The summed E-state index contributed by atoms with van der Waals surface area (Å²) in [5.41, 5.74) is 1.90. The second-order valence-electron chi connectivity index (χ2n) is 5.59. The first-order valence-electron chi connectivity index (χ1n) is 6.58. The minimum Gasteiger partial charge on any atom is -0.392 e. The third-order valence-electron chi connectivity index (χ3n) is 2.76. The lowest BCUT2D eigenvalue weighted by atomic mass is 10.1. The smallest absolute Gasteiger partial charge is 0.0716 e. The largest absolute Gasteiger partial charge is 0.392 e. The van der Waals surface area contributed by atoms with Gasteiger partial charge in [-0.1, -0.05) is 45.4 Å². The highest BCUT2D eigenvalue weighted by Crippen LogP contribution is 2.28. The van der Waals surface area contributed by atoms with E-state index in [2.05, 4.69) is 32.6 Å². The van der Waals surface area contributed by atoms with E-state index in [1.165, 1.54) is 0 Å². The number of nitrogens with zero attached hydrogens (tertiary/aromatic N) is 1. The normalized spacial score (nSPS) is 11.3. The first kappa shape index (κ1) is 15.3. The summed E-state index contributed by atoms with van der Waals surface area (Å²) in [4.78, 5) is 2.33. The monoisotopic (exact) mass is 269 g/mol. The van der Waals surface area contributed by atoms with Crippen LogP contribution in [0, 0.1) is 11.8 Å². The molecule has 0 spiro atoms. The molecule has 18 heavy (non-hydrogen) atoms. The van der Waals surface area contributed by atoms with Crippen molar-refractivity contribution in [2.45, 2.75) is 34.3 Å². The van der Waals surface area contributed by atoms with E-state index in [0.717, 1.165) is 24.3 Å². The Balaban J connectivity index is 3.07. The number of hydrogen-bond donors (Lipinski definition) is 1. The predicted octanol–water partition coefficient (Wildman–Crippen LogP) is 3.95. The standard InChI is InChI=1S/C15H24ClNO/c1-11(2)8-17(9-12(3)4)15-7-5-6-14(16)13(15)10-18/h5-7,11-12,18H,8-10H2,1-4H3. The Kier molecular flexibility index (Phi) is 5.97. The van der Waals surface area contributed by atoms with Gasteiger partial charge in [0.1, 0.15) is 0 Å². The van der Waals surface area contributed by atoms with Crippen molar-refractivity contribution in [1.29, 1.82) is 0 Å².